The average molecular weight is 367 g/mol. The molecular formula is C20H19ClN4O. The van der Waals surface area contributed by atoms with Gasteiger partial charge >= 0.3 is 0 Å². The van der Waals surface area contributed by atoms with Gasteiger partial charge in [-0.15, -0.1) is 0 Å². The van der Waals surface area contributed by atoms with Crippen LogP contribution in [-0.4, -0.2) is 15.9 Å². The molecule has 2 aromatic carbocycles. The Morgan fingerprint density at radius 2 is 1.69 bits per heavy atom. The predicted molar refractivity (Wildman–Crippen MR) is 105 cm³/mol. The van der Waals surface area contributed by atoms with E-state index in [2.05, 4.69) is 20.6 Å². The summed E-state index contributed by atoms with van der Waals surface area (Å²) in [6, 6.07) is 13.0. The third-order valence-corrected chi connectivity index (χ3v) is 4.21. The van der Waals surface area contributed by atoms with Gasteiger partial charge in [0.05, 0.1) is 0 Å². The van der Waals surface area contributed by atoms with E-state index in [1.807, 2.05) is 45.0 Å². The number of amides is 1. The summed E-state index contributed by atoms with van der Waals surface area (Å²) in [4.78, 5) is 21.1. The Morgan fingerprint density at radius 3 is 2.50 bits per heavy atom. The maximum absolute atomic E-state index is 12.5. The fourth-order valence-corrected chi connectivity index (χ4v) is 2.62. The molecule has 0 atom stereocenters. The molecule has 0 saturated carbocycles. The van der Waals surface area contributed by atoms with E-state index in [4.69, 9.17) is 11.6 Å². The van der Waals surface area contributed by atoms with E-state index >= 15 is 0 Å². The van der Waals surface area contributed by atoms with Crippen LogP contribution in [0.15, 0.2) is 48.7 Å². The molecule has 26 heavy (non-hydrogen) atoms. The molecule has 3 rings (SSSR count). The predicted octanol–water partition coefficient (Wildman–Crippen LogP) is 5.05. The minimum absolute atomic E-state index is 0.271. The molecule has 0 unspecified atom stereocenters. The van der Waals surface area contributed by atoms with Gasteiger partial charge in [-0.1, -0.05) is 29.8 Å². The van der Waals surface area contributed by atoms with Crippen molar-refractivity contribution >= 4 is 34.8 Å². The van der Waals surface area contributed by atoms with Crippen LogP contribution in [0.1, 0.15) is 27.2 Å². The van der Waals surface area contributed by atoms with Crippen molar-refractivity contribution in [1.29, 1.82) is 0 Å². The zero-order valence-electron chi connectivity index (χ0n) is 14.8. The highest BCUT2D eigenvalue weighted by atomic mass is 35.5. The first-order valence-corrected chi connectivity index (χ1v) is 8.55. The van der Waals surface area contributed by atoms with Crippen LogP contribution >= 0.6 is 11.6 Å². The van der Waals surface area contributed by atoms with Crippen molar-refractivity contribution < 1.29 is 4.79 Å². The normalized spacial score (nSPS) is 10.5. The third-order valence-electron chi connectivity index (χ3n) is 3.98. The lowest BCUT2D eigenvalue weighted by molar-refractivity contribution is 0.102. The first kappa shape index (κ1) is 17.9. The summed E-state index contributed by atoms with van der Waals surface area (Å²) in [5, 5.41) is 6.57. The van der Waals surface area contributed by atoms with Crippen LogP contribution in [0.3, 0.4) is 0 Å². The van der Waals surface area contributed by atoms with Gasteiger partial charge in [-0.05, 0) is 61.7 Å². The monoisotopic (exact) mass is 366 g/mol. The van der Waals surface area contributed by atoms with Crippen molar-refractivity contribution in [3.63, 3.8) is 0 Å². The molecule has 2 N–H and O–H groups in total. The van der Waals surface area contributed by atoms with Gasteiger partial charge in [0.1, 0.15) is 5.69 Å². The summed E-state index contributed by atoms with van der Waals surface area (Å²) < 4.78 is 0. The number of benzene rings is 2. The molecule has 0 fully saturated rings. The Morgan fingerprint density at radius 1 is 0.962 bits per heavy atom. The Bertz CT molecular complexity index is 972. The van der Waals surface area contributed by atoms with Crippen LogP contribution in [0.25, 0.3) is 0 Å². The van der Waals surface area contributed by atoms with Crippen molar-refractivity contribution in [3.05, 3.63) is 76.1 Å². The van der Waals surface area contributed by atoms with Crippen molar-refractivity contribution in [3.8, 4) is 0 Å². The second-order valence-electron chi connectivity index (χ2n) is 6.12. The van der Waals surface area contributed by atoms with Gasteiger partial charge in [0.15, 0.2) is 0 Å². The van der Waals surface area contributed by atoms with Crippen LogP contribution in [-0.2, 0) is 0 Å². The number of anilines is 3. The molecule has 1 amide bonds. The number of aromatic nitrogens is 2. The van der Waals surface area contributed by atoms with Crippen LogP contribution in [0.5, 0.6) is 0 Å². The summed E-state index contributed by atoms with van der Waals surface area (Å²) >= 11 is 6.00. The van der Waals surface area contributed by atoms with Gasteiger partial charge in [-0.25, -0.2) is 9.97 Å². The van der Waals surface area contributed by atoms with Crippen molar-refractivity contribution in [2.45, 2.75) is 20.8 Å². The summed E-state index contributed by atoms with van der Waals surface area (Å²) in [5.74, 6) is 0.0518. The number of hydrogen-bond donors (Lipinski definition) is 2. The minimum atomic E-state index is -0.318. The van der Waals surface area contributed by atoms with Crippen LogP contribution in [0.4, 0.5) is 17.3 Å². The fourth-order valence-electron chi connectivity index (χ4n) is 2.45. The van der Waals surface area contributed by atoms with Crippen molar-refractivity contribution in [2.75, 3.05) is 10.6 Å². The molecule has 0 aliphatic carbocycles. The van der Waals surface area contributed by atoms with Crippen molar-refractivity contribution in [1.82, 2.24) is 9.97 Å². The molecule has 0 radical (unpaired) electrons. The smallest absolute Gasteiger partial charge is 0.274 e. The molecule has 5 nitrogen and oxygen atoms in total. The summed E-state index contributed by atoms with van der Waals surface area (Å²) in [7, 11) is 0. The highest BCUT2D eigenvalue weighted by Gasteiger charge is 2.11. The third kappa shape index (κ3) is 4.18. The van der Waals surface area contributed by atoms with Crippen molar-refractivity contribution in [2.24, 2.45) is 0 Å². The lowest BCUT2D eigenvalue weighted by Gasteiger charge is -2.11. The lowest BCUT2D eigenvalue weighted by atomic mass is 10.1. The molecular weight excluding hydrogens is 348 g/mol. The molecule has 132 valence electrons. The topological polar surface area (TPSA) is 66.9 Å². The molecule has 0 aliphatic heterocycles. The summed E-state index contributed by atoms with van der Waals surface area (Å²) in [6.45, 7) is 5.92. The largest absolute Gasteiger partial charge is 0.324 e. The van der Waals surface area contributed by atoms with E-state index in [0.717, 1.165) is 22.4 Å². The number of rotatable bonds is 4. The highest BCUT2D eigenvalue weighted by molar-refractivity contribution is 6.31. The first-order chi connectivity index (χ1) is 12.4. The highest BCUT2D eigenvalue weighted by Crippen LogP contribution is 2.22. The van der Waals surface area contributed by atoms with E-state index in [0.29, 0.717) is 16.7 Å². The molecule has 6 heteroatoms. The number of halogens is 1. The molecule has 0 saturated heterocycles. The molecule has 0 spiro atoms. The Hall–Kier alpha value is -2.92. The summed E-state index contributed by atoms with van der Waals surface area (Å²) in [6.07, 6.45) is 1.56. The quantitative estimate of drug-likeness (QED) is 0.678. The zero-order chi connectivity index (χ0) is 18.7. The SMILES string of the molecule is Cc1ccc(C)c(Nc2nccc(C(=O)Nc3cc(Cl)ccc3C)n2)c1. The van der Waals surface area contributed by atoms with Gasteiger partial charge in [0.2, 0.25) is 5.95 Å². The van der Waals surface area contributed by atoms with E-state index in [-0.39, 0.29) is 11.6 Å². The van der Waals surface area contributed by atoms with Crippen LogP contribution < -0.4 is 10.6 Å². The molecule has 3 aromatic rings. The maximum atomic E-state index is 12.5. The molecule has 1 aromatic heterocycles. The number of nitrogens with one attached hydrogen (secondary N) is 2. The number of carbonyl (C=O) groups excluding carboxylic acids is 1. The van der Waals surface area contributed by atoms with E-state index < -0.39 is 0 Å². The van der Waals surface area contributed by atoms with Gasteiger partial charge in [-0.3, -0.25) is 4.79 Å². The second-order valence-corrected chi connectivity index (χ2v) is 6.56. The Kier molecular flexibility index (Phi) is 5.19. The number of aryl methyl sites for hydroxylation is 3. The minimum Gasteiger partial charge on any atom is -0.324 e. The van der Waals surface area contributed by atoms with E-state index in [9.17, 15) is 4.79 Å². The van der Waals surface area contributed by atoms with Gasteiger partial charge in [0, 0.05) is 22.6 Å². The van der Waals surface area contributed by atoms with Gasteiger partial charge in [0.25, 0.3) is 5.91 Å². The number of nitrogens with zero attached hydrogens (tertiary/aromatic N) is 2. The maximum Gasteiger partial charge on any atom is 0.274 e. The second kappa shape index (κ2) is 7.54. The first-order valence-electron chi connectivity index (χ1n) is 8.17. The zero-order valence-corrected chi connectivity index (χ0v) is 15.6. The lowest BCUT2D eigenvalue weighted by Crippen LogP contribution is -2.15. The van der Waals surface area contributed by atoms with E-state index in [1.165, 1.54) is 0 Å². The Labute approximate surface area is 157 Å². The standard InChI is InChI=1S/C20H19ClN4O/c1-12-4-5-13(2)17(10-12)25-20-22-9-8-16(24-20)19(26)23-18-11-15(21)7-6-14(18)3/h4-11H,1-3H3,(H,23,26)(H,22,24,25). The van der Waals surface area contributed by atoms with E-state index in [1.54, 1.807) is 24.4 Å². The molecule has 1 heterocycles. The average Bonchev–Trinajstić information content (AvgIpc) is 2.61. The summed E-state index contributed by atoms with van der Waals surface area (Å²) in [5.41, 5.74) is 4.96. The van der Waals surface area contributed by atoms with Gasteiger partial charge in [-0.2, -0.15) is 0 Å². The van der Waals surface area contributed by atoms with Gasteiger partial charge < -0.3 is 10.6 Å². The molecule has 0 aliphatic rings. The number of hydrogen-bond acceptors (Lipinski definition) is 4. The Balaban J connectivity index is 1.81. The molecule has 0 bridgehead atoms. The van der Waals surface area contributed by atoms with Crippen LogP contribution in [0, 0.1) is 20.8 Å². The fraction of sp³-hybridized carbons (Fsp3) is 0.150. The number of carbonyl (C=O) groups is 1. The van der Waals surface area contributed by atoms with Crippen LogP contribution in [0.2, 0.25) is 5.02 Å².